The number of rotatable bonds is 8. The number of carbonyl (C=O) groups excluding carboxylic acids is 1. The molecule has 0 saturated carbocycles. The Morgan fingerprint density at radius 1 is 1.27 bits per heavy atom. The third-order valence-corrected chi connectivity index (χ3v) is 4.44. The van der Waals surface area contributed by atoms with Gasteiger partial charge in [0, 0.05) is 39.3 Å². The molecule has 1 amide bonds. The molecule has 140 valence electrons. The molecule has 9 nitrogen and oxygen atoms in total. The normalized spacial score (nSPS) is 16.2. The minimum atomic E-state index is -0.383. The molecule has 1 atom stereocenters. The number of benzene rings is 1. The van der Waals surface area contributed by atoms with Crippen LogP contribution in [0.25, 0.3) is 5.69 Å². The van der Waals surface area contributed by atoms with E-state index in [0.717, 1.165) is 38.4 Å². The summed E-state index contributed by atoms with van der Waals surface area (Å²) in [4.78, 5) is 14.9. The fourth-order valence-electron chi connectivity index (χ4n) is 2.92. The van der Waals surface area contributed by atoms with E-state index in [-0.39, 0.29) is 11.9 Å². The second-order valence-electron chi connectivity index (χ2n) is 6.24. The third kappa shape index (κ3) is 4.77. The Bertz CT molecular complexity index is 683. The van der Waals surface area contributed by atoms with E-state index in [1.165, 1.54) is 0 Å². The van der Waals surface area contributed by atoms with Crippen LogP contribution >= 0.6 is 0 Å². The molecule has 1 fully saturated rings. The predicted octanol–water partition coefficient (Wildman–Crippen LogP) is -0.126. The van der Waals surface area contributed by atoms with E-state index in [2.05, 4.69) is 36.4 Å². The number of aromatic nitrogens is 4. The zero-order chi connectivity index (χ0) is 18.2. The molecule has 2 aromatic rings. The van der Waals surface area contributed by atoms with Gasteiger partial charge in [0.25, 0.3) is 0 Å². The second kappa shape index (κ2) is 9.25. The SMILES string of the molecule is CCC(Nc1nnnn1-c1ccccc1)C(=O)NCCN1CCNCC1. The molecule has 26 heavy (non-hydrogen) atoms. The molecular formula is C17H26N8O. The maximum Gasteiger partial charge on any atom is 0.248 e. The van der Waals surface area contributed by atoms with E-state index < -0.39 is 0 Å². The monoisotopic (exact) mass is 358 g/mol. The maximum absolute atomic E-state index is 12.5. The third-order valence-electron chi connectivity index (χ3n) is 4.44. The average molecular weight is 358 g/mol. The smallest absolute Gasteiger partial charge is 0.248 e. The summed E-state index contributed by atoms with van der Waals surface area (Å²) in [5.41, 5.74) is 0.842. The first-order valence-electron chi connectivity index (χ1n) is 9.09. The molecule has 9 heteroatoms. The number of piperazine rings is 1. The lowest BCUT2D eigenvalue weighted by Gasteiger charge is -2.27. The van der Waals surface area contributed by atoms with Gasteiger partial charge in [-0.2, -0.15) is 4.68 Å². The van der Waals surface area contributed by atoms with Crippen molar-refractivity contribution in [3.63, 3.8) is 0 Å². The number of tetrazole rings is 1. The molecule has 0 bridgehead atoms. The molecule has 1 aromatic heterocycles. The van der Waals surface area contributed by atoms with Crippen molar-refractivity contribution in [3.05, 3.63) is 30.3 Å². The summed E-state index contributed by atoms with van der Waals surface area (Å²) in [7, 11) is 0. The van der Waals surface area contributed by atoms with Crippen molar-refractivity contribution in [2.24, 2.45) is 0 Å². The van der Waals surface area contributed by atoms with Crippen LogP contribution in [0.5, 0.6) is 0 Å². The summed E-state index contributed by atoms with van der Waals surface area (Å²) in [5, 5.41) is 21.2. The Morgan fingerprint density at radius 2 is 2.04 bits per heavy atom. The van der Waals surface area contributed by atoms with Crippen LogP contribution in [0, 0.1) is 0 Å². The molecular weight excluding hydrogens is 332 g/mol. The summed E-state index contributed by atoms with van der Waals surface area (Å²) >= 11 is 0. The minimum absolute atomic E-state index is 0.0368. The van der Waals surface area contributed by atoms with Crippen molar-refractivity contribution >= 4 is 11.9 Å². The summed E-state index contributed by atoms with van der Waals surface area (Å²) in [6.07, 6.45) is 0.640. The number of hydrogen-bond acceptors (Lipinski definition) is 7. The Kier molecular flexibility index (Phi) is 6.50. The molecule has 0 spiro atoms. The first-order valence-corrected chi connectivity index (χ1v) is 9.09. The van der Waals surface area contributed by atoms with E-state index in [0.29, 0.717) is 18.9 Å². The molecule has 1 unspecified atom stereocenters. The van der Waals surface area contributed by atoms with Gasteiger partial charge in [-0.3, -0.25) is 9.69 Å². The lowest BCUT2D eigenvalue weighted by Crippen LogP contribution is -2.47. The lowest BCUT2D eigenvalue weighted by molar-refractivity contribution is -0.121. The summed E-state index contributed by atoms with van der Waals surface area (Å²) in [6, 6.07) is 9.21. The molecule has 1 aliphatic heterocycles. The van der Waals surface area contributed by atoms with Crippen LogP contribution in [0.4, 0.5) is 5.95 Å². The predicted molar refractivity (Wildman–Crippen MR) is 99.2 cm³/mol. The standard InChI is InChI=1S/C17H26N8O/c1-2-15(16(26)19-10-13-24-11-8-18-9-12-24)20-17-21-22-23-25(17)14-6-4-3-5-7-14/h3-7,15,18H,2,8-13H2,1H3,(H,19,26)(H,20,21,23). The topological polar surface area (TPSA) is 100 Å². The van der Waals surface area contributed by atoms with Crippen molar-refractivity contribution in [1.29, 1.82) is 0 Å². The maximum atomic E-state index is 12.5. The molecule has 1 saturated heterocycles. The Hall–Kier alpha value is -2.52. The van der Waals surface area contributed by atoms with Gasteiger partial charge in [0.2, 0.25) is 11.9 Å². The highest BCUT2D eigenvalue weighted by Crippen LogP contribution is 2.12. The van der Waals surface area contributed by atoms with Gasteiger partial charge >= 0.3 is 0 Å². The minimum Gasteiger partial charge on any atom is -0.353 e. The highest BCUT2D eigenvalue weighted by molar-refractivity contribution is 5.84. The quantitative estimate of drug-likeness (QED) is 0.605. The number of amides is 1. The first kappa shape index (κ1) is 18.3. The Balaban J connectivity index is 1.54. The van der Waals surface area contributed by atoms with Gasteiger partial charge in [0.1, 0.15) is 6.04 Å². The Labute approximate surface area is 153 Å². The molecule has 0 radical (unpaired) electrons. The number of anilines is 1. The van der Waals surface area contributed by atoms with Gasteiger partial charge in [-0.15, -0.1) is 0 Å². The van der Waals surface area contributed by atoms with E-state index in [4.69, 9.17) is 0 Å². The van der Waals surface area contributed by atoms with Gasteiger partial charge in [-0.1, -0.05) is 30.2 Å². The fourth-order valence-corrected chi connectivity index (χ4v) is 2.92. The van der Waals surface area contributed by atoms with Gasteiger partial charge in [0.05, 0.1) is 5.69 Å². The zero-order valence-corrected chi connectivity index (χ0v) is 15.1. The molecule has 2 heterocycles. The van der Waals surface area contributed by atoms with Gasteiger partial charge in [-0.05, 0) is 29.0 Å². The first-order chi connectivity index (χ1) is 12.8. The average Bonchev–Trinajstić information content (AvgIpc) is 3.15. The van der Waals surface area contributed by atoms with E-state index in [1.807, 2.05) is 37.3 Å². The number of hydrogen-bond donors (Lipinski definition) is 3. The van der Waals surface area contributed by atoms with E-state index in [1.54, 1.807) is 4.68 Å². The lowest BCUT2D eigenvalue weighted by atomic mass is 10.2. The molecule has 0 aliphatic carbocycles. The van der Waals surface area contributed by atoms with Gasteiger partial charge in [-0.25, -0.2) is 0 Å². The van der Waals surface area contributed by atoms with Crippen LogP contribution in [-0.2, 0) is 4.79 Å². The van der Waals surface area contributed by atoms with Gasteiger partial charge < -0.3 is 16.0 Å². The van der Waals surface area contributed by atoms with Crippen molar-refractivity contribution < 1.29 is 4.79 Å². The number of nitrogens with one attached hydrogen (secondary N) is 3. The van der Waals surface area contributed by atoms with E-state index >= 15 is 0 Å². The van der Waals surface area contributed by atoms with Crippen LogP contribution in [0.3, 0.4) is 0 Å². The molecule has 1 aromatic carbocycles. The molecule has 3 N–H and O–H groups in total. The zero-order valence-electron chi connectivity index (χ0n) is 15.1. The van der Waals surface area contributed by atoms with Crippen LogP contribution in [0.15, 0.2) is 30.3 Å². The van der Waals surface area contributed by atoms with Crippen LogP contribution in [0.1, 0.15) is 13.3 Å². The highest BCUT2D eigenvalue weighted by atomic mass is 16.2. The number of carbonyl (C=O) groups is 1. The molecule has 3 rings (SSSR count). The number of nitrogens with zero attached hydrogens (tertiary/aromatic N) is 5. The van der Waals surface area contributed by atoms with Gasteiger partial charge in [0.15, 0.2) is 0 Å². The highest BCUT2D eigenvalue weighted by Gasteiger charge is 2.20. The Morgan fingerprint density at radius 3 is 2.77 bits per heavy atom. The van der Waals surface area contributed by atoms with Crippen LogP contribution in [-0.4, -0.2) is 76.3 Å². The summed E-state index contributed by atoms with van der Waals surface area (Å²) in [6.45, 7) is 7.54. The van der Waals surface area contributed by atoms with Crippen LogP contribution in [0.2, 0.25) is 0 Å². The van der Waals surface area contributed by atoms with E-state index in [9.17, 15) is 4.79 Å². The second-order valence-corrected chi connectivity index (χ2v) is 6.24. The largest absolute Gasteiger partial charge is 0.353 e. The molecule has 1 aliphatic rings. The summed E-state index contributed by atoms with van der Waals surface area (Å²) < 4.78 is 1.59. The number of para-hydroxylation sites is 1. The van der Waals surface area contributed by atoms with Crippen molar-refractivity contribution in [3.8, 4) is 5.69 Å². The van der Waals surface area contributed by atoms with Crippen molar-refractivity contribution in [1.82, 2.24) is 35.7 Å². The fraction of sp³-hybridized carbons (Fsp3) is 0.529. The van der Waals surface area contributed by atoms with Crippen molar-refractivity contribution in [2.45, 2.75) is 19.4 Å². The van der Waals surface area contributed by atoms with Crippen molar-refractivity contribution in [2.75, 3.05) is 44.6 Å². The summed E-state index contributed by atoms with van der Waals surface area (Å²) in [5.74, 6) is 0.422. The van der Waals surface area contributed by atoms with Crippen LogP contribution < -0.4 is 16.0 Å².